The lowest BCUT2D eigenvalue weighted by Gasteiger charge is -2.33. The normalized spacial score (nSPS) is 23.2. The van der Waals surface area contributed by atoms with E-state index in [0.717, 1.165) is 10.0 Å². The standard InChI is InChI=1S/C17H17BrN2O3S/c1-4-23-16(22)13-9(2)19-17-20(15(21)10(3)24-17)14(13)11-5-7-12(18)8-6-11/h5-8,10,14H,4H2,1-3H3/t10-,14-/m0/s1. The maximum absolute atomic E-state index is 12.7. The van der Waals surface area contributed by atoms with Gasteiger partial charge in [0.25, 0.3) is 0 Å². The van der Waals surface area contributed by atoms with E-state index in [4.69, 9.17) is 4.74 Å². The lowest BCUT2D eigenvalue weighted by atomic mass is 9.94. The minimum absolute atomic E-state index is 0.0408. The summed E-state index contributed by atoms with van der Waals surface area (Å²) in [5.74, 6) is -0.468. The Bertz CT molecular complexity index is 758. The zero-order valence-corrected chi connectivity index (χ0v) is 16.0. The molecule has 0 saturated carbocycles. The van der Waals surface area contributed by atoms with Crippen LogP contribution in [-0.4, -0.2) is 33.8 Å². The number of fused-ring (bicyclic) bond motifs is 1. The second kappa shape index (κ2) is 6.72. The Kier molecular flexibility index (Phi) is 4.83. The van der Waals surface area contributed by atoms with Crippen molar-refractivity contribution in [3.63, 3.8) is 0 Å². The lowest BCUT2D eigenvalue weighted by Crippen LogP contribution is -2.40. The van der Waals surface area contributed by atoms with Gasteiger partial charge in [0.05, 0.1) is 29.2 Å². The molecule has 0 aliphatic carbocycles. The van der Waals surface area contributed by atoms with Crippen LogP contribution in [0.2, 0.25) is 0 Å². The zero-order chi connectivity index (χ0) is 17.4. The van der Waals surface area contributed by atoms with E-state index in [1.54, 1.807) is 18.7 Å². The Labute approximate surface area is 153 Å². The fraction of sp³-hybridized carbons (Fsp3) is 0.353. The van der Waals surface area contributed by atoms with Crippen LogP contribution in [0.3, 0.4) is 0 Å². The van der Waals surface area contributed by atoms with E-state index in [0.29, 0.717) is 16.4 Å². The molecule has 0 N–H and O–H groups in total. The number of amides is 1. The van der Waals surface area contributed by atoms with Crippen molar-refractivity contribution in [3.8, 4) is 0 Å². The van der Waals surface area contributed by atoms with Gasteiger partial charge in [0, 0.05) is 4.47 Å². The molecule has 3 rings (SSSR count). The molecule has 2 aliphatic rings. The van der Waals surface area contributed by atoms with Gasteiger partial charge in [-0.3, -0.25) is 9.69 Å². The Morgan fingerprint density at radius 2 is 2.04 bits per heavy atom. The second-order valence-electron chi connectivity index (χ2n) is 5.54. The van der Waals surface area contributed by atoms with Crippen molar-refractivity contribution < 1.29 is 14.3 Å². The van der Waals surface area contributed by atoms with Crippen LogP contribution in [0.4, 0.5) is 0 Å². The van der Waals surface area contributed by atoms with Gasteiger partial charge in [-0.2, -0.15) is 0 Å². The Morgan fingerprint density at radius 1 is 1.38 bits per heavy atom. The first kappa shape index (κ1) is 17.2. The number of benzene rings is 1. The fourth-order valence-corrected chi connectivity index (χ4v) is 4.13. The van der Waals surface area contributed by atoms with Gasteiger partial charge in [-0.25, -0.2) is 9.79 Å². The number of carbonyl (C=O) groups is 2. The molecule has 1 aromatic carbocycles. The lowest BCUT2D eigenvalue weighted by molar-refractivity contribution is -0.139. The van der Waals surface area contributed by atoms with E-state index in [-0.39, 0.29) is 17.8 Å². The molecule has 0 radical (unpaired) electrons. The van der Waals surface area contributed by atoms with E-state index in [2.05, 4.69) is 20.9 Å². The van der Waals surface area contributed by atoms with Crippen molar-refractivity contribution in [3.05, 3.63) is 45.6 Å². The predicted octanol–water partition coefficient (Wildman–Crippen LogP) is 3.66. The third-order valence-electron chi connectivity index (χ3n) is 3.94. The summed E-state index contributed by atoms with van der Waals surface area (Å²) in [6.07, 6.45) is 0. The molecule has 2 heterocycles. The van der Waals surface area contributed by atoms with Crippen molar-refractivity contribution >= 4 is 44.7 Å². The summed E-state index contributed by atoms with van der Waals surface area (Å²) in [5, 5.41) is 0.432. The molecule has 1 aromatic rings. The molecule has 126 valence electrons. The summed E-state index contributed by atoms with van der Waals surface area (Å²) in [6, 6.07) is 7.11. The molecule has 0 aromatic heterocycles. The molecule has 2 atom stereocenters. The van der Waals surface area contributed by atoms with Crippen LogP contribution in [0.5, 0.6) is 0 Å². The average molecular weight is 409 g/mol. The highest BCUT2D eigenvalue weighted by atomic mass is 79.9. The van der Waals surface area contributed by atoms with Crippen LogP contribution >= 0.6 is 27.7 Å². The largest absolute Gasteiger partial charge is 0.463 e. The molecule has 5 nitrogen and oxygen atoms in total. The molecular formula is C17H17BrN2O3S. The van der Waals surface area contributed by atoms with Crippen molar-refractivity contribution in [1.29, 1.82) is 0 Å². The maximum Gasteiger partial charge on any atom is 0.338 e. The third kappa shape index (κ3) is 2.91. The van der Waals surface area contributed by atoms with Crippen molar-refractivity contribution in [2.75, 3.05) is 6.61 Å². The Hall–Kier alpha value is -1.60. The first-order valence-corrected chi connectivity index (χ1v) is 9.33. The van der Waals surface area contributed by atoms with E-state index in [9.17, 15) is 9.59 Å². The number of thioether (sulfide) groups is 1. The van der Waals surface area contributed by atoms with Crippen LogP contribution < -0.4 is 0 Å². The Balaban J connectivity index is 2.14. The molecule has 1 amide bonds. The molecule has 7 heteroatoms. The summed E-state index contributed by atoms with van der Waals surface area (Å²) >= 11 is 4.84. The first-order valence-electron chi connectivity index (χ1n) is 7.65. The molecule has 0 bridgehead atoms. The van der Waals surface area contributed by atoms with E-state index < -0.39 is 12.0 Å². The van der Waals surface area contributed by atoms with Gasteiger partial charge < -0.3 is 4.74 Å². The highest BCUT2D eigenvalue weighted by Gasteiger charge is 2.46. The SMILES string of the molecule is CCOC(=O)C1=C(C)N=C2S[C@@H](C)C(=O)N2[C@H]1c1ccc(Br)cc1. The van der Waals surface area contributed by atoms with Gasteiger partial charge in [-0.15, -0.1) is 0 Å². The number of hydrogen-bond donors (Lipinski definition) is 0. The summed E-state index contributed by atoms with van der Waals surface area (Å²) < 4.78 is 6.15. The molecule has 0 spiro atoms. The number of allylic oxidation sites excluding steroid dienone is 1. The molecular weight excluding hydrogens is 392 g/mol. The predicted molar refractivity (Wildman–Crippen MR) is 97.6 cm³/mol. The van der Waals surface area contributed by atoms with Crippen LogP contribution in [-0.2, 0) is 14.3 Å². The first-order chi connectivity index (χ1) is 11.4. The average Bonchev–Trinajstić information content (AvgIpc) is 2.81. The summed E-state index contributed by atoms with van der Waals surface area (Å²) in [4.78, 5) is 31.3. The van der Waals surface area contributed by atoms with Gasteiger partial charge in [-0.1, -0.05) is 39.8 Å². The number of nitrogens with zero attached hydrogens (tertiary/aromatic N) is 2. The van der Waals surface area contributed by atoms with Gasteiger partial charge in [0.15, 0.2) is 5.17 Å². The number of rotatable bonds is 3. The monoisotopic (exact) mass is 408 g/mol. The topological polar surface area (TPSA) is 59.0 Å². The van der Waals surface area contributed by atoms with Gasteiger partial charge in [0.1, 0.15) is 0 Å². The summed E-state index contributed by atoms with van der Waals surface area (Å²) in [6.45, 7) is 5.68. The Morgan fingerprint density at radius 3 is 2.67 bits per heavy atom. The maximum atomic E-state index is 12.7. The van der Waals surface area contributed by atoms with Crippen molar-refractivity contribution in [2.24, 2.45) is 4.99 Å². The van der Waals surface area contributed by atoms with Crippen LogP contribution in [0.25, 0.3) is 0 Å². The highest BCUT2D eigenvalue weighted by Crippen LogP contribution is 2.43. The van der Waals surface area contributed by atoms with Crippen LogP contribution in [0.15, 0.2) is 45.0 Å². The van der Waals surface area contributed by atoms with E-state index in [1.165, 1.54) is 11.8 Å². The minimum Gasteiger partial charge on any atom is -0.463 e. The van der Waals surface area contributed by atoms with E-state index in [1.807, 2.05) is 31.2 Å². The number of aliphatic imine (C=N–C) groups is 1. The summed E-state index contributed by atoms with van der Waals surface area (Å²) in [5.41, 5.74) is 1.88. The quantitative estimate of drug-likeness (QED) is 0.715. The van der Waals surface area contributed by atoms with Gasteiger partial charge in [0.2, 0.25) is 5.91 Å². The minimum atomic E-state index is -0.505. The fourth-order valence-electron chi connectivity index (χ4n) is 2.83. The molecule has 1 saturated heterocycles. The van der Waals surface area contributed by atoms with E-state index >= 15 is 0 Å². The van der Waals surface area contributed by atoms with Crippen molar-refractivity contribution in [2.45, 2.75) is 32.1 Å². The number of ether oxygens (including phenoxy) is 1. The smallest absolute Gasteiger partial charge is 0.338 e. The number of esters is 1. The third-order valence-corrected chi connectivity index (χ3v) is 5.52. The van der Waals surface area contributed by atoms with Gasteiger partial charge in [-0.05, 0) is 38.5 Å². The zero-order valence-electron chi connectivity index (χ0n) is 13.6. The van der Waals surface area contributed by atoms with Crippen LogP contribution in [0.1, 0.15) is 32.4 Å². The second-order valence-corrected chi connectivity index (χ2v) is 7.76. The molecule has 2 aliphatic heterocycles. The summed E-state index contributed by atoms with van der Waals surface area (Å²) in [7, 11) is 0. The molecule has 1 fully saturated rings. The van der Waals surface area contributed by atoms with Crippen molar-refractivity contribution in [1.82, 2.24) is 4.90 Å². The molecule has 0 unspecified atom stereocenters. The molecule has 24 heavy (non-hydrogen) atoms. The number of halogens is 1. The van der Waals surface area contributed by atoms with Crippen LogP contribution in [0, 0.1) is 0 Å². The van der Waals surface area contributed by atoms with Gasteiger partial charge >= 0.3 is 5.97 Å². The number of hydrogen-bond acceptors (Lipinski definition) is 5. The highest BCUT2D eigenvalue weighted by molar-refractivity contribution is 9.10. The number of amidine groups is 1. The number of carbonyl (C=O) groups excluding carboxylic acids is 2.